The van der Waals surface area contributed by atoms with Crippen molar-refractivity contribution in [2.24, 2.45) is 0 Å². The van der Waals surface area contributed by atoms with Crippen LogP contribution in [0.3, 0.4) is 0 Å². The number of pyridine rings is 1. The largest absolute Gasteiger partial charge is 0.296 e. The standard InChI is InChI=1S/C17H14FN3O/c18-14-6-4-13(5-7-14)8-10-21-17(11-15(12-22)20-21)16-3-1-2-9-19-16/h1-7,9,11-12H,8,10H2. The van der Waals surface area contributed by atoms with Gasteiger partial charge in [0, 0.05) is 12.7 Å². The summed E-state index contributed by atoms with van der Waals surface area (Å²) in [5.41, 5.74) is 2.95. The second-order valence-corrected chi connectivity index (χ2v) is 4.89. The summed E-state index contributed by atoms with van der Waals surface area (Å²) in [4.78, 5) is 15.3. The van der Waals surface area contributed by atoms with E-state index >= 15 is 0 Å². The van der Waals surface area contributed by atoms with Crippen LogP contribution < -0.4 is 0 Å². The Hall–Kier alpha value is -2.82. The minimum absolute atomic E-state index is 0.250. The minimum atomic E-state index is -0.250. The molecule has 110 valence electrons. The van der Waals surface area contributed by atoms with Gasteiger partial charge in [-0.1, -0.05) is 18.2 Å². The molecule has 0 saturated heterocycles. The second kappa shape index (κ2) is 6.30. The van der Waals surface area contributed by atoms with E-state index in [1.54, 1.807) is 29.1 Å². The third-order valence-electron chi connectivity index (χ3n) is 3.37. The summed E-state index contributed by atoms with van der Waals surface area (Å²) >= 11 is 0. The van der Waals surface area contributed by atoms with Crippen LogP contribution in [-0.4, -0.2) is 21.1 Å². The molecule has 22 heavy (non-hydrogen) atoms. The maximum atomic E-state index is 12.9. The molecular formula is C17H14FN3O. The van der Waals surface area contributed by atoms with Crippen LogP contribution in [0.25, 0.3) is 11.4 Å². The molecule has 0 radical (unpaired) electrons. The zero-order valence-electron chi connectivity index (χ0n) is 11.8. The summed E-state index contributed by atoms with van der Waals surface area (Å²) in [5, 5.41) is 4.27. The Labute approximate surface area is 127 Å². The molecule has 0 bridgehead atoms. The summed E-state index contributed by atoms with van der Waals surface area (Å²) in [5.74, 6) is -0.250. The summed E-state index contributed by atoms with van der Waals surface area (Å²) in [6.45, 7) is 0.589. The van der Waals surface area contributed by atoms with E-state index < -0.39 is 0 Å². The maximum Gasteiger partial charge on any atom is 0.170 e. The molecule has 0 amide bonds. The molecule has 0 N–H and O–H groups in total. The van der Waals surface area contributed by atoms with Gasteiger partial charge < -0.3 is 0 Å². The highest BCUT2D eigenvalue weighted by molar-refractivity contribution is 5.74. The van der Waals surface area contributed by atoms with Crippen LogP contribution in [0, 0.1) is 5.82 Å². The van der Waals surface area contributed by atoms with Gasteiger partial charge in [-0.3, -0.25) is 14.5 Å². The van der Waals surface area contributed by atoms with Gasteiger partial charge >= 0.3 is 0 Å². The van der Waals surface area contributed by atoms with Gasteiger partial charge in [-0.15, -0.1) is 0 Å². The first-order chi connectivity index (χ1) is 10.8. The topological polar surface area (TPSA) is 47.8 Å². The zero-order chi connectivity index (χ0) is 15.4. The fourth-order valence-electron chi connectivity index (χ4n) is 2.27. The molecule has 0 aliphatic heterocycles. The number of rotatable bonds is 5. The van der Waals surface area contributed by atoms with E-state index in [1.807, 2.05) is 18.2 Å². The van der Waals surface area contributed by atoms with Crippen molar-refractivity contribution >= 4 is 6.29 Å². The van der Waals surface area contributed by atoms with Gasteiger partial charge in [0.15, 0.2) is 6.29 Å². The minimum Gasteiger partial charge on any atom is -0.296 e. The lowest BCUT2D eigenvalue weighted by Gasteiger charge is -2.07. The molecule has 0 atom stereocenters. The summed E-state index contributed by atoms with van der Waals surface area (Å²) < 4.78 is 14.7. The fourth-order valence-corrected chi connectivity index (χ4v) is 2.27. The Bertz CT molecular complexity index is 766. The molecule has 1 aromatic carbocycles. The van der Waals surface area contributed by atoms with Crippen LogP contribution in [0.4, 0.5) is 4.39 Å². The Balaban J connectivity index is 1.85. The van der Waals surface area contributed by atoms with E-state index in [1.165, 1.54) is 12.1 Å². The number of nitrogens with zero attached hydrogens (tertiary/aromatic N) is 3. The Morgan fingerprint density at radius 3 is 2.64 bits per heavy atom. The predicted octanol–water partition coefficient (Wildman–Crippen LogP) is 3.14. The Kier molecular flexibility index (Phi) is 4.05. The quantitative estimate of drug-likeness (QED) is 0.679. The number of carbonyl (C=O) groups excluding carboxylic acids is 1. The van der Waals surface area contributed by atoms with Crippen molar-refractivity contribution in [3.8, 4) is 11.4 Å². The van der Waals surface area contributed by atoms with E-state index in [2.05, 4.69) is 10.1 Å². The fraction of sp³-hybridized carbons (Fsp3) is 0.118. The van der Waals surface area contributed by atoms with Gasteiger partial charge in [-0.05, 0) is 42.3 Å². The third kappa shape index (κ3) is 3.09. The molecule has 4 nitrogen and oxygen atoms in total. The van der Waals surface area contributed by atoms with Gasteiger partial charge in [-0.25, -0.2) is 4.39 Å². The molecule has 2 aromatic heterocycles. The zero-order valence-corrected chi connectivity index (χ0v) is 11.8. The molecule has 0 fully saturated rings. The number of halogens is 1. The molecule has 5 heteroatoms. The first-order valence-electron chi connectivity index (χ1n) is 6.95. The first-order valence-corrected chi connectivity index (χ1v) is 6.95. The van der Waals surface area contributed by atoms with Crippen molar-refractivity contribution < 1.29 is 9.18 Å². The van der Waals surface area contributed by atoms with Crippen LogP contribution >= 0.6 is 0 Å². The smallest absolute Gasteiger partial charge is 0.170 e. The van der Waals surface area contributed by atoms with Crippen molar-refractivity contribution in [1.29, 1.82) is 0 Å². The van der Waals surface area contributed by atoms with Crippen molar-refractivity contribution in [2.45, 2.75) is 13.0 Å². The van der Waals surface area contributed by atoms with Gasteiger partial charge in [0.1, 0.15) is 11.5 Å². The highest BCUT2D eigenvalue weighted by atomic mass is 19.1. The Morgan fingerprint density at radius 2 is 1.95 bits per heavy atom. The average Bonchev–Trinajstić information content (AvgIpc) is 2.98. The van der Waals surface area contributed by atoms with Crippen molar-refractivity contribution in [1.82, 2.24) is 14.8 Å². The second-order valence-electron chi connectivity index (χ2n) is 4.89. The van der Waals surface area contributed by atoms with Gasteiger partial charge in [0.05, 0.1) is 11.4 Å². The molecule has 0 aliphatic rings. The third-order valence-corrected chi connectivity index (χ3v) is 3.37. The van der Waals surface area contributed by atoms with Crippen molar-refractivity contribution in [3.63, 3.8) is 0 Å². The number of aryl methyl sites for hydroxylation is 2. The molecule has 3 aromatic rings. The van der Waals surface area contributed by atoms with Gasteiger partial charge in [0.2, 0.25) is 0 Å². The lowest BCUT2D eigenvalue weighted by atomic mass is 10.1. The molecule has 0 aliphatic carbocycles. The number of aromatic nitrogens is 3. The maximum absolute atomic E-state index is 12.9. The van der Waals surface area contributed by atoms with Crippen LogP contribution in [-0.2, 0) is 13.0 Å². The lowest BCUT2D eigenvalue weighted by Crippen LogP contribution is -2.06. The summed E-state index contributed by atoms with van der Waals surface area (Å²) in [6, 6.07) is 13.7. The van der Waals surface area contributed by atoms with E-state index in [-0.39, 0.29) is 5.82 Å². The summed E-state index contributed by atoms with van der Waals surface area (Å²) in [7, 11) is 0. The molecule has 0 spiro atoms. The molecular weight excluding hydrogens is 281 g/mol. The monoisotopic (exact) mass is 295 g/mol. The van der Waals surface area contributed by atoms with E-state index in [0.29, 0.717) is 18.7 Å². The highest BCUT2D eigenvalue weighted by Crippen LogP contribution is 2.18. The van der Waals surface area contributed by atoms with Crippen molar-refractivity contribution in [2.75, 3.05) is 0 Å². The normalized spacial score (nSPS) is 10.6. The van der Waals surface area contributed by atoms with Gasteiger partial charge in [-0.2, -0.15) is 5.10 Å². The molecule has 0 saturated carbocycles. The predicted molar refractivity (Wildman–Crippen MR) is 80.9 cm³/mol. The van der Waals surface area contributed by atoms with Crippen molar-refractivity contribution in [3.05, 3.63) is 71.8 Å². The highest BCUT2D eigenvalue weighted by Gasteiger charge is 2.10. The number of benzene rings is 1. The first kappa shape index (κ1) is 14.1. The van der Waals surface area contributed by atoms with Crippen LogP contribution in [0.1, 0.15) is 16.1 Å². The van der Waals surface area contributed by atoms with Gasteiger partial charge in [0.25, 0.3) is 0 Å². The SMILES string of the molecule is O=Cc1cc(-c2ccccn2)n(CCc2ccc(F)cc2)n1. The number of hydrogen-bond donors (Lipinski definition) is 0. The number of carbonyl (C=O) groups is 1. The van der Waals surface area contributed by atoms with E-state index in [4.69, 9.17) is 0 Å². The molecule has 2 heterocycles. The van der Waals surface area contributed by atoms with E-state index in [9.17, 15) is 9.18 Å². The summed E-state index contributed by atoms with van der Waals surface area (Å²) in [6.07, 6.45) is 3.12. The Morgan fingerprint density at radius 1 is 1.14 bits per heavy atom. The molecule has 3 rings (SSSR count). The number of aldehydes is 1. The van der Waals surface area contributed by atoms with Crippen LogP contribution in [0.15, 0.2) is 54.7 Å². The van der Waals surface area contributed by atoms with E-state index in [0.717, 1.165) is 23.2 Å². The molecule has 0 unspecified atom stereocenters. The number of hydrogen-bond acceptors (Lipinski definition) is 3. The van der Waals surface area contributed by atoms with Crippen LogP contribution in [0.5, 0.6) is 0 Å². The van der Waals surface area contributed by atoms with Crippen LogP contribution in [0.2, 0.25) is 0 Å². The lowest BCUT2D eigenvalue weighted by molar-refractivity contribution is 0.111. The average molecular weight is 295 g/mol.